The zero-order chi connectivity index (χ0) is 20.1. The number of allylic oxidation sites excluding steroid dienone is 4. The zero-order valence-electron chi connectivity index (χ0n) is 16.7. The van der Waals surface area contributed by atoms with E-state index in [1.807, 2.05) is 36.7 Å². The average Bonchev–Trinajstić information content (AvgIpc) is 2.77. The van der Waals surface area contributed by atoms with Crippen LogP contribution in [-0.4, -0.2) is 30.0 Å². The molecular formula is C25H25BrN2O2. The second-order valence-electron chi connectivity index (χ2n) is 6.94. The molecule has 0 spiro atoms. The highest BCUT2D eigenvalue weighted by Crippen LogP contribution is 2.32. The van der Waals surface area contributed by atoms with E-state index in [1.165, 1.54) is 0 Å². The van der Waals surface area contributed by atoms with Crippen LogP contribution in [0, 0.1) is 0 Å². The Morgan fingerprint density at radius 3 is 2.57 bits per heavy atom. The third-order valence-electron chi connectivity index (χ3n) is 5.15. The number of aromatic nitrogens is 1. The lowest BCUT2D eigenvalue weighted by atomic mass is 9.99. The summed E-state index contributed by atoms with van der Waals surface area (Å²) < 4.78 is 2.07. The van der Waals surface area contributed by atoms with Crippen molar-refractivity contribution < 1.29 is 31.8 Å². The molecule has 4 rings (SSSR count). The van der Waals surface area contributed by atoms with E-state index in [1.54, 1.807) is 0 Å². The SMILES string of the molecule is OCCN1C=CC(=CC=Cc2cc[n+](CCO)c3ccccc23)c2ccccc21.[Br-]. The van der Waals surface area contributed by atoms with Gasteiger partial charge in [-0.15, -0.1) is 0 Å². The van der Waals surface area contributed by atoms with E-state index in [-0.39, 0.29) is 30.2 Å². The Hall–Kier alpha value is -2.73. The van der Waals surface area contributed by atoms with Gasteiger partial charge in [-0.3, -0.25) is 0 Å². The fraction of sp³-hybridized carbons (Fsp3) is 0.160. The summed E-state index contributed by atoms with van der Waals surface area (Å²) in [6.45, 7) is 1.41. The van der Waals surface area contributed by atoms with E-state index in [0.717, 1.165) is 33.3 Å². The lowest BCUT2D eigenvalue weighted by molar-refractivity contribution is -0.672. The van der Waals surface area contributed by atoms with Crippen molar-refractivity contribution >= 4 is 28.2 Å². The Labute approximate surface area is 187 Å². The molecule has 0 saturated carbocycles. The quantitative estimate of drug-likeness (QED) is 0.523. The first-order valence-electron chi connectivity index (χ1n) is 9.87. The third-order valence-corrected chi connectivity index (χ3v) is 5.15. The Morgan fingerprint density at radius 2 is 1.73 bits per heavy atom. The van der Waals surface area contributed by atoms with Crippen molar-refractivity contribution in [1.29, 1.82) is 0 Å². The summed E-state index contributed by atoms with van der Waals surface area (Å²) in [4.78, 5) is 2.07. The van der Waals surface area contributed by atoms with Gasteiger partial charge in [-0.05, 0) is 29.3 Å². The van der Waals surface area contributed by atoms with Crippen molar-refractivity contribution in [3.63, 3.8) is 0 Å². The van der Waals surface area contributed by atoms with Gasteiger partial charge in [0.2, 0.25) is 5.52 Å². The third kappa shape index (κ3) is 4.54. The molecule has 154 valence electrons. The molecule has 3 aromatic rings. The normalized spacial score (nSPS) is 14.3. The van der Waals surface area contributed by atoms with Gasteiger partial charge in [-0.1, -0.05) is 48.6 Å². The van der Waals surface area contributed by atoms with Crippen molar-refractivity contribution in [3.8, 4) is 0 Å². The van der Waals surface area contributed by atoms with Crippen LogP contribution in [0.4, 0.5) is 5.69 Å². The second kappa shape index (κ2) is 10.3. The molecule has 5 heteroatoms. The topological polar surface area (TPSA) is 47.6 Å². The number of fused-ring (bicyclic) bond motifs is 2. The van der Waals surface area contributed by atoms with Gasteiger partial charge in [0, 0.05) is 36.1 Å². The number of hydrogen-bond donors (Lipinski definition) is 2. The number of β-amino-alcohol motifs (C(OH)–C–C–N with tert-alkyl or cyclic N) is 1. The minimum Gasteiger partial charge on any atom is -1.00 e. The molecule has 0 aliphatic carbocycles. The number of aliphatic hydroxyl groups excluding tert-OH is 2. The molecule has 2 N–H and O–H groups in total. The van der Waals surface area contributed by atoms with Crippen LogP contribution in [0.1, 0.15) is 11.1 Å². The minimum absolute atomic E-state index is 0. The highest BCUT2D eigenvalue weighted by atomic mass is 79.9. The molecule has 0 radical (unpaired) electrons. The Bertz CT molecular complexity index is 1110. The molecular weight excluding hydrogens is 440 g/mol. The van der Waals surface area contributed by atoms with Crippen LogP contribution in [0.3, 0.4) is 0 Å². The van der Waals surface area contributed by atoms with Gasteiger partial charge in [0.25, 0.3) is 0 Å². The fourth-order valence-corrected chi connectivity index (χ4v) is 3.77. The monoisotopic (exact) mass is 464 g/mol. The summed E-state index contributed by atoms with van der Waals surface area (Å²) in [5, 5.41) is 19.8. The summed E-state index contributed by atoms with van der Waals surface area (Å²) in [6, 6.07) is 18.6. The van der Waals surface area contributed by atoms with Crippen LogP contribution >= 0.6 is 0 Å². The number of benzene rings is 2. The Morgan fingerprint density at radius 1 is 0.933 bits per heavy atom. The van der Waals surface area contributed by atoms with E-state index in [4.69, 9.17) is 0 Å². The maximum Gasteiger partial charge on any atom is 0.213 e. The summed E-state index contributed by atoms with van der Waals surface area (Å²) >= 11 is 0. The molecule has 0 unspecified atom stereocenters. The van der Waals surface area contributed by atoms with Crippen LogP contribution < -0.4 is 26.4 Å². The molecule has 0 amide bonds. The smallest absolute Gasteiger partial charge is 0.213 e. The van der Waals surface area contributed by atoms with Crippen LogP contribution in [0.15, 0.2) is 85.2 Å². The van der Waals surface area contributed by atoms with Crippen LogP contribution in [0.2, 0.25) is 0 Å². The lowest BCUT2D eigenvalue weighted by Gasteiger charge is -2.26. The highest BCUT2D eigenvalue weighted by molar-refractivity contribution is 5.89. The van der Waals surface area contributed by atoms with Gasteiger partial charge in [-0.25, -0.2) is 0 Å². The van der Waals surface area contributed by atoms with Crippen molar-refractivity contribution in [2.75, 3.05) is 24.7 Å². The molecule has 1 aromatic heterocycles. The van der Waals surface area contributed by atoms with E-state index < -0.39 is 0 Å². The molecule has 2 aromatic carbocycles. The van der Waals surface area contributed by atoms with Gasteiger partial charge in [0.1, 0.15) is 6.61 Å². The second-order valence-corrected chi connectivity index (χ2v) is 6.94. The largest absolute Gasteiger partial charge is 1.00 e. The molecule has 0 bridgehead atoms. The zero-order valence-corrected chi connectivity index (χ0v) is 18.2. The summed E-state index contributed by atoms with van der Waals surface area (Å²) in [5.41, 5.74) is 5.66. The van der Waals surface area contributed by atoms with Crippen molar-refractivity contribution in [2.45, 2.75) is 6.54 Å². The number of anilines is 1. The first-order chi connectivity index (χ1) is 14.3. The van der Waals surface area contributed by atoms with Gasteiger partial charge in [-0.2, -0.15) is 4.57 Å². The van der Waals surface area contributed by atoms with Gasteiger partial charge >= 0.3 is 0 Å². The van der Waals surface area contributed by atoms with E-state index >= 15 is 0 Å². The van der Waals surface area contributed by atoms with E-state index in [9.17, 15) is 10.2 Å². The molecule has 0 atom stereocenters. The molecule has 0 fully saturated rings. The van der Waals surface area contributed by atoms with Crippen LogP contribution in [0.25, 0.3) is 22.6 Å². The maximum absolute atomic E-state index is 9.30. The molecule has 30 heavy (non-hydrogen) atoms. The fourth-order valence-electron chi connectivity index (χ4n) is 3.77. The average molecular weight is 465 g/mol. The van der Waals surface area contributed by atoms with Crippen LogP contribution in [-0.2, 0) is 6.54 Å². The number of para-hydroxylation sites is 2. The predicted octanol–water partition coefficient (Wildman–Crippen LogP) is 0.546. The molecule has 2 heterocycles. The number of aliphatic hydroxyl groups is 2. The van der Waals surface area contributed by atoms with Gasteiger partial charge in [0.05, 0.1) is 12.0 Å². The van der Waals surface area contributed by atoms with Crippen molar-refractivity contribution in [2.24, 2.45) is 0 Å². The standard InChI is InChI=1S/C25H25N2O2.BrH/c28-18-16-26-14-12-20(22-8-1-3-10-24(22)26)6-5-7-21-13-15-27(17-19-29)25-11-4-2-9-23(21)25;/h1-15,28-29H,16-19H2;1H/q+1;/p-1. The minimum atomic E-state index is 0. The lowest BCUT2D eigenvalue weighted by Crippen LogP contribution is -3.00. The highest BCUT2D eigenvalue weighted by Gasteiger charge is 2.14. The number of rotatable bonds is 6. The maximum atomic E-state index is 9.30. The first-order valence-corrected chi connectivity index (χ1v) is 9.87. The Balaban J connectivity index is 0.00000256. The molecule has 1 aliphatic heterocycles. The summed E-state index contributed by atoms with van der Waals surface area (Å²) in [7, 11) is 0. The first kappa shape index (κ1) is 22.0. The number of nitrogens with zero attached hydrogens (tertiary/aromatic N) is 2. The summed E-state index contributed by atoms with van der Waals surface area (Å²) in [6.07, 6.45) is 12.4. The molecule has 4 nitrogen and oxygen atoms in total. The van der Waals surface area contributed by atoms with Crippen molar-refractivity contribution in [1.82, 2.24) is 0 Å². The number of halogens is 1. The van der Waals surface area contributed by atoms with Crippen molar-refractivity contribution in [3.05, 3.63) is 96.3 Å². The van der Waals surface area contributed by atoms with E-state index in [2.05, 4.69) is 64.1 Å². The molecule has 1 aliphatic rings. The Kier molecular flexibility index (Phi) is 7.57. The molecule has 0 saturated heterocycles. The van der Waals surface area contributed by atoms with Crippen LogP contribution in [0.5, 0.6) is 0 Å². The van der Waals surface area contributed by atoms with Gasteiger partial charge in [0.15, 0.2) is 12.7 Å². The van der Waals surface area contributed by atoms with E-state index in [0.29, 0.717) is 13.1 Å². The predicted molar refractivity (Wildman–Crippen MR) is 118 cm³/mol. The van der Waals surface area contributed by atoms with Gasteiger partial charge < -0.3 is 32.1 Å². The number of hydrogen-bond acceptors (Lipinski definition) is 3. The number of pyridine rings is 1. The summed E-state index contributed by atoms with van der Waals surface area (Å²) in [5.74, 6) is 0.